The van der Waals surface area contributed by atoms with E-state index in [4.69, 9.17) is 9.15 Å². The molecule has 1 aromatic carbocycles. The van der Waals surface area contributed by atoms with E-state index >= 15 is 0 Å². The van der Waals surface area contributed by atoms with Crippen molar-refractivity contribution < 1.29 is 13.9 Å². The molecule has 130 valence electrons. The first kappa shape index (κ1) is 17.0. The standard InChI is InChI=1S/C19H21N3O3/c1-4-13-6-8-14(9-7-13)10-20-17-16-15(19(23)24-5-2)12(3)25-18(16)22-11-21-17/h6-9,11H,4-5,10H2,1-3H3,(H,20,21,22). The van der Waals surface area contributed by atoms with Gasteiger partial charge in [-0.2, -0.15) is 0 Å². The fraction of sp³-hybridized carbons (Fsp3) is 0.316. The molecule has 0 atom stereocenters. The van der Waals surface area contributed by atoms with Crippen molar-refractivity contribution in [2.45, 2.75) is 33.7 Å². The Morgan fingerprint density at radius 2 is 1.88 bits per heavy atom. The summed E-state index contributed by atoms with van der Waals surface area (Å²) in [5.41, 5.74) is 3.17. The predicted molar refractivity (Wildman–Crippen MR) is 95.6 cm³/mol. The van der Waals surface area contributed by atoms with E-state index in [1.807, 2.05) is 0 Å². The zero-order valence-electron chi connectivity index (χ0n) is 14.6. The van der Waals surface area contributed by atoms with Gasteiger partial charge in [0.15, 0.2) is 0 Å². The van der Waals surface area contributed by atoms with Crippen LogP contribution < -0.4 is 5.32 Å². The zero-order valence-corrected chi connectivity index (χ0v) is 14.6. The Morgan fingerprint density at radius 3 is 2.56 bits per heavy atom. The van der Waals surface area contributed by atoms with Crippen LogP contribution in [0.4, 0.5) is 5.82 Å². The molecule has 3 aromatic rings. The molecule has 0 saturated heterocycles. The summed E-state index contributed by atoms with van der Waals surface area (Å²) in [4.78, 5) is 20.7. The van der Waals surface area contributed by atoms with Crippen LogP contribution in [0, 0.1) is 6.92 Å². The third-order valence-electron chi connectivity index (χ3n) is 4.04. The number of hydrogen-bond acceptors (Lipinski definition) is 6. The molecule has 2 aromatic heterocycles. The highest BCUT2D eigenvalue weighted by atomic mass is 16.5. The van der Waals surface area contributed by atoms with Gasteiger partial charge in [0.05, 0.1) is 12.0 Å². The molecule has 0 saturated carbocycles. The minimum atomic E-state index is -0.427. The molecule has 0 bridgehead atoms. The summed E-state index contributed by atoms with van der Waals surface area (Å²) < 4.78 is 10.7. The average molecular weight is 339 g/mol. The van der Waals surface area contributed by atoms with Crippen LogP contribution in [0.3, 0.4) is 0 Å². The number of nitrogens with zero attached hydrogens (tertiary/aromatic N) is 2. The van der Waals surface area contributed by atoms with Crippen LogP contribution in [-0.4, -0.2) is 22.5 Å². The number of ether oxygens (including phenoxy) is 1. The number of esters is 1. The first-order chi connectivity index (χ1) is 12.1. The molecule has 0 fully saturated rings. The van der Waals surface area contributed by atoms with Gasteiger partial charge in [0.2, 0.25) is 5.71 Å². The molecule has 0 unspecified atom stereocenters. The second-order valence-corrected chi connectivity index (χ2v) is 5.68. The molecule has 0 aliphatic carbocycles. The maximum atomic E-state index is 12.3. The second kappa shape index (κ2) is 7.34. The van der Waals surface area contributed by atoms with E-state index in [0.29, 0.717) is 41.4 Å². The number of aryl methyl sites for hydroxylation is 2. The van der Waals surface area contributed by atoms with Gasteiger partial charge in [-0.3, -0.25) is 0 Å². The zero-order chi connectivity index (χ0) is 17.8. The Hall–Kier alpha value is -2.89. The number of fused-ring (bicyclic) bond motifs is 1. The predicted octanol–water partition coefficient (Wildman–Crippen LogP) is 3.88. The topological polar surface area (TPSA) is 77.2 Å². The summed E-state index contributed by atoms with van der Waals surface area (Å²) in [6.45, 7) is 6.50. The number of carbonyl (C=O) groups excluding carboxylic acids is 1. The van der Waals surface area contributed by atoms with Crippen molar-refractivity contribution in [3.8, 4) is 0 Å². The fourth-order valence-electron chi connectivity index (χ4n) is 2.71. The normalized spacial score (nSPS) is 10.8. The van der Waals surface area contributed by atoms with Gasteiger partial charge in [0.25, 0.3) is 0 Å². The van der Waals surface area contributed by atoms with Crippen LogP contribution in [0.25, 0.3) is 11.1 Å². The van der Waals surface area contributed by atoms with Crippen LogP contribution in [-0.2, 0) is 17.7 Å². The lowest BCUT2D eigenvalue weighted by atomic mass is 10.1. The molecule has 2 heterocycles. The lowest BCUT2D eigenvalue weighted by Gasteiger charge is -2.08. The smallest absolute Gasteiger partial charge is 0.342 e. The highest BCUT2D eigenvalue weighted by molar-refractivity contribution is 6.07. The molecular weight excluding hydrogens is 318 g/mol. The number of rotatable bonds is 6. The van der Waals surface area contributed by atoms with Gasteiger partial charge in [0.1, 0.15) is 23.5 Å². The van der Waals surface area contributed by atoms with Crippen molar-refractivity contribution in [1.29, 1.82) is 0 Å². The van der Waals surface area contributed by atoms with Crippen LogP contribution in [0.2, 0.25) is 0 Å². The molecule has 0 spiro atoms. The molecule has 0 aliphatic rings. The monoisotopic (exact) mass is 339 g/mol. The Kier molecular flexibility index (Phi) is 4.97. The minimum absolute atomic E-state index is 0.297. The Labute approximate surface area is 146 Å². The van der Waals surface area contributed by atoms with Gasteiger partial charge in [-0.15, -0.1) is 0 Å². The minimum Gasteiger partial charge on any atom is -0.462 e. The second-order valence-electron chi connectivity index (χ2n) is 5.68. The molecule has 0 amide bonds. The van der Waals surface area contributed by atoms with E-state index in [1.54, 1.807) is 13.8 Å². The van der Waals surface area contributed by atoms with Crippen LogP contribution >= 0.6 is 0 Å². The third kappa shape index (κ3) is 3.47. The van der Waals surface area contributed by atoms with Crippen LogP contribution in [0.5, 0.6) is 0 Å². The highest BCUT2D eigenvalue weighted by Crippen LogP contribution is 2.29. The first-order valence-electron chi connectivity index (χ1n) is 8.37. The average Bonchev–Trinajstić information content (AvgIpc) is 2.97. The summed E-state index contributed by atoms with van der Waals surface area (Å²) in [7, 11) is 0. The van der Waals surface area contributed by atoms with Gasteiger partial charge in [-0.1, -0.05) is 31.2 Å². The summed E-state index contributed by atoms with van der Waals surface area (Å²) in [5, 5.41) is 3.83. The van der Waals surface area contributed by atoms with Gasteiger partial charge < -0.3 is 14.5 Å². The van der Waals surface area contributed by atoms with E-state index < -0.39 is 5.97 Å². The highest BCUT2D eigenvalue weighted by Gasteiger charge is 2.23. The SMILES string of the molecule is CCOC(=O)c1c(C)oc2ncnc(NCc3ccc(CC)cc3)c12. The maximum Gasteiger partial charge on any atom is 0.342 e. The Bertz CT molecular complexity index is 885. The summed E-state index contributed by atoms with van der Waals surface area (Å²) in [5.74, 6) is 0.609. The molecule has 25 heavy (non-hydrogen) atoms. The molecule has 1 N–H and O–H groups in total. The molecular formula is C19H21N3O3. The summed E-state index contributed by atoms with van der Waals surface area (Å²) in [6, 6.07) is 8.38. The van der Waals surface area contributed by atoms with E-state index in [0.717, 1.165) is 12.0 Å². The van der Waals surface area contributed by atoms with Crippen molar-refractivity contribution in [2.24, 2.45) is 0 Å². The molecule has 0 radical (unpaired) electrons. The van der Waals surface area contributed by atoms with E-state index in [2.05, 4.69) is 46.5 Å². The Balaban J connectivity index is 1.91. The number of nitrogens with one attached hydrogen (secondary N) is 1. The molecule has 0 aliphatic heterocycles. The Morgan fingerprint density at radius 1 is 1.16 bits per heavy atom. The van der Waals surface area contributed by atoms with Crippen LogP contribution in [0.1, 0.15) is 41.1 Å². The van der Waals surface area contributed by atoms with E-state index in [1.165, 1.54) is 11.9 Å². The largest absolute Gasteiger partial charge is 0.462 e. The molecule has 6 nitrogen and oxygen atoms in total. The fourth-order valence-corrected chi connectivity index (χ4v) is 2.71. The van der Waals surface area contributed by atoms with E-state index in [9.17, 15) is 4.79 Å². The molecule has 6 heteroatoms. The van der Waals surface area contributed by atoms with E-state index in [-0.39, 0.29) is 0 Å². The number of benzene rings is 1. The third-order valence-corrected chi connectivity index (χ3v) is 4.04. The van der Waals surface area contributed by atoms with Gasteiger partial charge in [-0.05, 0) is 31.4 Å². The lowest BCUT2D eigenvalue weighted by molar-refractivity contribution is 0.0526. The van der Waals surface area contributed by atoms with Crippen molar-refractivity contribution in [3.63, 3.8) is 0 Å². The molecule has 3 rings (SSSR count). The van der Waals surface area contributed by atoms with Gasteiger partial charge >= 0.3 is 5.97 Å². The summed E-state index contributed by atoms with van der Waals surface area (Å²) in [6.07, 6.45) is 2.43. The quantitative estimate of drug-likeness (QED) is 0.687. The number of aromatic nitrogens is 2. The number of carbonyl (C=O) groups is 1. The van der Waals surface area contributed by atoms with Crippen molar-refractivity contribution >= 4 is 22.9 Å². The van der Waals surface area contributed by atoms with Gasteiger partial charge in [0, 0.05) is 6.54 Å². The number of anilines is 1. The number of furan rings is 1. The van der Waals surface area contributed by atoms with Crippen molar-refractivity contribution in [2.75, 3.05) is 11.9 Å². The van der Waals surface area contributed by atoms with Gasteiger partial charge in [-0.25, -0.2) is 14.8 Å². The first-order valence-corrected chi connectivity index (χ1v) is 8.37. The summed E-state index contributed by atoms with van der Waals surface area (Å²) >= 11 is 0. The number of hydrogen-bond donors (Lipinski definition) is 1. The van der Waals surface area contributed by atoms with Crippen molar-refractivity contribution in [1.82, 2.24) is 9.97 Å². The van der Waals surface area contributed by atoms with Crippen LogP contribution in [0.15, 0.2) is 35.0 Å². The van der Waals surface area contributed by atoms with Crippen molar-refractivity contribution in [3.05, 3.63) is 53.0 Å². The lowest BCUT2D eigenvalue weighted by Crippen LogP contribution is -2.08. The maximum absolute atomic E-state index is 12.3.